The number of rotatable bonds is 4. The average Bonchev–Trinajstić information content (AvgIpc) is 2.91. The van der Waals surface area contributed by atoms with E-state index in [-0.39, 0.29) is 11.9 Å². The quantitative estimate of drug-likeness (QED) is 0.913. The SMILES string of the molecule is C[C@H](C(=O)Nc1nc(C2CC2)cs1)n1cncn1. The second-order valence-electron chi connectivity index (χ2n) is 4.39. The van der Waals surface area contributed by atoms with Crippen LogP contribution in [-0.2, 0) is 4.79 Å². The summed E-state index contributed by atoms with van der Waals surface area (Å²) < 4.78 is 1.52. The van der Waals surface area contributed by atoms with Gasteiger partial charge < -0.3 is 5.32 Å². The molecule has 6 nitrogen and oxygen atoms in total. The van der Waals surface area contributed by atoms with Crippen LogP contribution in [0.3, 0.4) is 0 Å². The standard InChI is InChI=1S/C11H13N5OS/c1-7(16-6-12-5-13-16)10(17)15-11-14-9(4-18-11)8-2-3-8/h4-8H,2-3H2,1H3,(H,14,15,17)/t7-/m1/s1. The van der Waals surface area contributed by atoms with E-state index in [1.54, 1.807) is 6.92 Å². The van der Waals surface area contributed by atoms with Gasteiger partial charge in [0.1, 0.15) is 18.7 Å². The molecule has 0 bridgehead atoms. The summed E-state index contributed by atoms with van der Waals surface area (Å²) in [5.41, 5.74) is 1.10. The first-order chi connectivity index (χ1) is 8.74. The lowest BCUT2D eigenvalue weighted by Crippen LogP contribution is -2.23. The topological polar surface area (TPSA) is 72.7 Å². The van der Waals surface area contributed by atoms with Crippen molar-refractivity contribution in [1.29, 1.82) is 0 Å². The molecule has 0 aliphatic heterocycles. The van der Waals surface area contributed by atoms with Gasteiger partial charge in [-0.2, -0.15) is 5.10 Å². The number of anilines is 1. The zero-order valence-electron chi connectivity index (χ0n) is 9.91. The van der Waals surface area contributed by atoms with E-state index in [1.165, 1.54) is 41.5 Å². The maximum absolute atomic E-state index is 12.0. The van der Waals surface area contributed by atoms with Crippen LogP contribution in [0.25, 0.3) is 0 Å². The van der Waals surface area contributed by atoms with E-state index in [4.69, 9.17) is 0 Å². The van der Waals surface area contributed by atoms with Crippen LogP contribution in [0.4, 0.5) is 5.13 Å². The lowest BCUT2D eigenvalue weighted by Gasteiger charge is -2.09. The Hall–Kier alpha value is -1.76. The van der Waals surface area contributed by atoms with Crippen LogP contribution in [-0.4, -0.2) is 25.7 Å². The Morgan fingerprint density at radius 1 is 1.61 bits per heavy atom. The van der Waals surface area contributed by atoms with Crippen molar-refractivity contribution in [2.45, 2.75) is 31.7 Å². The average molecular weight is 263 g/mol. The molecule has 1 fully saturated rings. The molecule has 18 heavy (non-hydrogen) atoms. The molecule has 1 aliphatic carbocycles. The lowest BCUT2D eigenvalue weighted by atomic mass is 10.3. The third kappa shape index (κ3) is 2.26. The van der Waals surface area contributed by atoms with Gasteiger partial charge in [0.15, 0.2) is 5.13 Å². The Morgan fingerprint density at radius 2 is 2.44 bits per heavy atom. The molecule has 1 saturated carbocycles. The fraction of sp³-hybridized carbons (Fsp3) is 0.455. The third-order valence-electron chi connectivity index (χ3n) is 2.96. The second kappa shape index (κ2) is 4.49. The molecule has 1 N–H and O–H groups in total. The van der Waals surface area contributed by atoms with Crippen molar-refractivity contribution < 1.29 is 4.79 Å². The molecular formula is C11H13N5OS. The number of hydrogen-bond acceptors (Lipinski definition) is 5. The zero-order valence-corrected chi connectivity index (χ0v) is 10.7. The van der Waals surface area contributed by atoms with Gasteiger partial charge in [-0.25, -0.2) is 14.6 Å². The Labute approximate surface area is 108 Å². The summed E-state index contributed by atoms with van der Waals surface area (Å²) in [6.07, 6.45) is 5.37. The zero-order chi connectivity index (χ0) is 12.5. The number of thiazole rings is 1. The van der Waals surface area contributed by atoms with Crippen molar-refractivity contribution >= 4 is 22.4 Å². The molecule has 2 aromatic heterocycles. The van der Waals surface area contributed by atoms with Gasteiger partial charge in [0.05, 0.1) is 5.69 Å². The van der Waals surface area contributed by atoms with Crippen LogP contribution in [0, 0.1) is 0 Å². The number of amides is 1. The molecule has 0 radical (unpaired) electrons. The number of nitrogens with one attached hydrogen (secondary N) is 1. The van der Waals surface area contributed by atoms with Gasteiger partial charge >= 0.3 is 0 Å². The summed E-state index contributed by atoms with van der Waals surface area (Å²) in [4.78, 5) is 20.2. The molecule has 1 aliphatic rings. The molecule has 1 amide bonds. The van der Waals surface area contributed by atoms with Crippen molar-refractivity contribution in [3.63, 3.8) is 0 Å². The molecule has 2 heterocycles. The molecule has 0 saturated heterocycles. The maximum atomic E-state index is 12.0. The largest absolute Gasteiger partial charge is 0.300 e. The van der Waals surface area contributed by atoms with Crippen molar-refractivity contribution in [3.8, 4) is 0 Å². The first kappa shape index (κ1) is 11.3. The van der Waals surface area contributed by atoms with E-state index in [9.17, 15) is 4.79 Å². The van der Waals surface area contributed by atoms with E-state index < -0.39 is 0 Å². The van der Waals surface area contributed by atoms with E-state index >= 15 is 0 Å². The number of aromatic nitrogens is 4. The Balaban J connectivity index is 1.66. The van der Waals surface area contributed by atoms with Gasteiger partial charge in [0, 0.05) is 11.3 Å². The van der Waals surface area contributed by atoms with Gasteiger partial charge in [-0.05, 0) is 19.8 Å². The third-order valence-corrected chi connectivity index (χ3v) is 3.74. The maximum Gasteiger partial charge on any atom is 0.250 e. The number of hydrogen-bond donors (Lipinski definition) is 1. The monoisotopic (exact) mass is 263 g/mol. The smallest absolute Gasteiger partial charge is 0.250 e. The molecule has 7 heteroatoms. The minimum Gasteiger partial charge on any atom is -0.300 e. The Kier molecular flexibility index (Phi) is 2.83. The first-order valence-corrected chi connectivity index (χ1v) is 6.72. The molecule has 0 unspecified atom stereocenters. The van der Waals surface area contributed by atoms with Crippen LogP contribution < -0.4 is 5.32 Å². The molecule has 94 valence electrons. The number of carbonyl (C=O) groups is 1. The predicted molar refractivity (Wildman–Crippen MR) is 67.5 cm³/mol. The van der Waals surface area contributed by atoms with E-state index in [0.29, 0.717) is 11.0 Å². The molecule has 0 aromatic carbocycles. The van der Waals surface area contributed by atoms with Crippen molar-refractivity contribution in [3.05, 3.63) is 23.7 Å². The Morgan fingerprint density at radius 3 is 3.11 bits per heavy atom. The second-order valence-corrected chi connectivity index (χ2v) is 5.25. The number of nitrogens with zero attached hydrogens (tertiary/aromatic N) is 4. The summed E-state index contributed by atoms with van der Waals surface area (Å²) in [7, 11) is 0. The summed E-state index contributed by atoms with van der Waals surface area (Å²) in [6.45, 7) is 1.78. The van der Waals surface area contributed by atoms with Gasteiger partial charge in [-0.1, -0.05) is 0 Å². The highest BCUT2D eigenvalue weighted by Crippen LogP contribution is 2.40. The van der Waals surface area contributed by atoms with Gasteiger partial charge in [0.25, 0.3) is 5.91 Å². The normalized spacial score (nSPS) is 16.5. The summed E-state index contributed by atoms with van der Waals surface area (Å²) >= 11 is 1.47. The van der Waals surface area contributed by atoms with Gasteiger partial charge in [-0.3, -0.25) is 4.79 Å². The van der Waals surface area contributed by atoms with Crippen LogP contribution in [0.15, 0.2) is 18.0 Å². The highest BCUT2D eigenvalue weighted by Gasteiger charge is 2.26. The highest BCUT2D eigenvalue weighted by atomic mass is 32.1. The Bertz CT molecular complexity index is 546. The number of carbonyl (C=O) groups excluding carboxylic acids is 1. The summed E-state index contributed by atoms with van der Waals surface area (Å²) in [5, 5.41) is 9.45. The summed E-state index contributed by atoms with van der Waals surface area (Å²) in [5.74, 6) is 0.483. The molecule has 3 rings (SSSR count). The fourth-order valence-electron chi connectivity index (χ4n) is 1.66. The lowest BCUT2D eigenvalue weighted by molar-refractivity contribution is -0.119. The van der Waals surface area contributed by atoms with Gasteiger partial charge in [0.2, 0.25) is 0 Å². The van der Waals surface area contributed by atoms with E-state index in [1.807, 2.05) is 5.38 Å². The predicted octanol–water partition coefficient (Wildman–Crippen LogP) is 1.81. The molecule has 1 atom stereocenters. The molecular weight excluding hydrogens is 250 g/mol. The van der Waals surface area contributed by atoms with Crippen LogP contribution in [0.2, 0.25) is 0 Å². The fourth-order valence-corrected chi connectivity index (χ4v) is 2.45. The minimum absolute atomic E-state index is 0.128. The van der Waals surface area contributed by atoms with Crippen molar-refractivity contribution in [2.75, 3.05) is 5.32 Å². The first-order valence-electron chi connectivity index (χ1n) is 5.84. The van der Waals surface area contributed by atoms with Crippen LogP contribution >= 0.6 is 11.3 Å². The molecule has 0 spiro atoms. The highest BCUT2D eigenvalue weighted by molar-refractivity contribution is 7.13. The van der Waals surface area contributed by atoms with E-state index in [2.05, 4.69) is 20.4 Å². The van der Waals surface area contributed by atoms with Crippen LogP contribution in [0.1, 0.15) is 37.4 Å². The molecule has 2 aromatic rings. The van der Waals surface area contributed by atoms with Crippen molar-refractivity contribution in [2.24, 2.45) is 0 Å². The van der Waals surface area contributed by atoms with Crippen LogP contribution in [0.5, 0.6) is 0 Å². The van der Waals surface area contributed by atoms with Crippen molar-refractivity contribution in [1.82, 2.24) is 19.7 Å². The van der Waals surface area contributed by atoms with E-state index in [0.717, 1.165) is 5.69 Å². The minimum atomic E-state index is -0.388. The summed E-state index contributed by atoms with van der Waals surface area (Å²) in [6, 6.07) is -0.388. The van der Waals surface area contributed by atoms with Gasteiger partial charge in [-0.15, -0.1) is 11.3 Å².